The summed E-state index contributed by atoms with van der Waals surface area (Å²) in [6, 6.07) is 6.83. The van der Waals surface area contributed by atoms with Gasteiger partial charge in [-0.3, -0.25) is 5.32 Å². The van der Waals surface area contributed by atoms with E-state index in [4.69, 9.17) is 4.74 Å². The van der Waals surface area contributed by atoms with Gasteiger partial charge in [-0.2, -0.15) is 0 Å². The van der Waals surface area contributed by atoms with Gasteiger partial charge < -0.3 is 14.5 Å². The summed E-state index contributed by atoms with van der Waals surface area (Å²) in [6.07, 6.45) is 5.43. The van der Waals surface area contributed by atoms with Crippen molar-refractivity contribution in [2.24, 2.45) is 0 Å². The summed E-state index contributed by atoms with van der Waals surface area (Å²) in [5, 5.41) is 13.2. The number of urea groups is 1. The molecule has 0 aromatic carbocycles. The molecule has 3 aromatic rings. The summed E-state index contributed by atoms with van der Waals surface area (Å²) >= 11 is 0. The minimum absolute atomic E-state index is 0.0224. The first kappa shape index (κ1) is 15.7. The van der Waals surface area contributed by atoms with Crippen LogP contribution in [0.1, 0.15) is 19.4 Å². The second-order valence-electron chi connectivity index (χ2n) is 5.49. The second kappa shape index (κ2) is 6.95. The highest BCUT2D eigenvalue weighted by Gasteiger charge is 2.05. The number of amides is 2. The number of pyridine rings is 1. The fourth-order valence-corrected chi connectivity index (χ4v) is 2.10. The highest BCUT2D eigenvalue weighted by Crippen LogP contribution is 2.10. The molecule has 0 bridgehead atoms. The van der Waals surface area contributed by atoms with Gasteiger partial charge in [0, 0.05) is 18.8 Å². The highest BCUT2D eigenvalue weighted by molar-refractivity contribution is 5.88. The molecule has 8 heteroatoms. The van der Waals surface area contributed by atoms with Crippen LogP contribution in [0.4, 0.5) is 10.6 Å². The monoisotopic (exact) mass is 326 g/mol. The topological polar surface area (TPSA) is 93.4 Å². The standard InChI is InChI=1S/C16H18N6O2/c1-11(2)24-15-6-5-14(20-21-15)19-16(23)18-7-12-3-4-13-8-17-10-22(13)9-12/h3-6,8-11H,7H2,1-2H3,(H2,18,19,20,23). The Morgan fingerprint density at radius 3 is 2.88 bits per heavy atom. The van der Waals surface area contributed by atoms with Crippen LogP contribution in [0.3, 0.4) is 0 Å². The van der Waals surface area contributed by atoms with E-state index in [9.17, 15) is 4.79 Å². The van der Waals surface area contributed by atoms with Crippen molar-refractivity contribution in [2.45, 2.75) is 26.5 Å². The van der Waals surface area contributed by atoms with Crippen molar-refractivity contribution in [1.29, 1.82) is 0 Å². The van der Waals surface area contributed by atoms with Gasteiger partial charge >= 0.3 is 6.03 Å². The predicted molar refractivity (Wildman–Crippen MR) is 88.8 cm³/mol. The Kier molecular flexibility index (Phi) is 4.55. The van der Waals surface area contributed by atoms with Crippen LogP contribution in [-0.2, 0) is 6.54 Å². The van der Waals surface area contributed by atoms with E-state index < -0.39 is 0 Å². The molecule has 2 N–H and O–H groups in total. The number of rotatable bonds is 5. The van der Waals surface area contributed by atoms with Gasteiger partial charge in [-0.05, 0) is 31.5 Å². The third-order valence-electron chi connectivity index (χ3n) is 3.16. The molecule has 0 atom stereocenters. The smallest absolute Gasteiger partial charge is 0.320 e. The molecule has 0 fully saturated rings. The number of nitrogens with zero attached hydrogens (tertiary/aromatic N) is 4. The van der Waals surface area contributed by atoms with Crippen LogP contribution in [0.15, 0.2) is 43.0 Å². The minimum Gasteiger partial charge on any atom is -0.474 e. The normalized spacial score (nSPS) is 10.8. The van der Waals surface area contributed by atoms with E-state index in [2.05, 4.69) is 25.8 Å². The van der Waals surface area contributed by atoms with Gasteiger partial charge in [-0.15, -0.1) is 10.2 Å². The summed E-state index contributed by atoms with van der Waals surface area (Å²) in [5.74, 6) is 0.776. The number of carbonyl (C=O) groups is 1. The molecule has 0 saturated heterocycles. The summed E-state index contributed by atoms with van der Waals surface area (Å²) in [6.45, 7) is 4.20. The number of anilines is 1. The highest BCUT2D eigenvalue weighted by atomic mass is 16.5. The fourth-order valence-electron chi connectivity index (χ4n) is 2.10. The SMILES string of the molecule is CC(C)Oc1ccc(NC(=O)NCc2ccc3cncn3c2)nn1. The Hall–Kier alpha value is -3.16. The molecular weight excluding hydrogens is 308 g/mol. The zero-order valence-corrected chi connectivity index (χ0v) is 13.4. The summed E-state index contributed by atoms with van der Waals surface area (Å²) in [7, 11) is 0. The maximum absolute atomic E-state index is 11.9. The lowest BCUT2D eigenvalue weighted by atomic mass is 10.2. The van der Waals surface area contributed by atoms with Crippen molar-refractivity contribution >= 4 is 17.4 Å². The van der Waals surface area contributed by atoms with Crippen LogP contribution in [0.2, 0.25) is 0 Å². The molecule has 0 saturated carbocycles. The molecular formula is C16H18N6O2. The minimum atomic E-state index is -0.354. The van der Waals surface area contributed by atoms with E-state index in [1.54, 1.807) is 24.7 Å². The zero-order valence-electron chi connectivity index (χ0n) is 13.4. The van der Waals surface area contributed by atoms with Crippen molar-refractivity contribution in [3.63, 3.8) is 0 Å². The van der Waals surface area contributed by atoms with E-state index in [1.807, 2.05) is 36.6 Å². The number of hydrogen-bond acceptors (Lipinski definition) is 5. The first-order valence-electron chi connectivity index (χ1n) is 7.56. The lowest BCUT2D eigenvalue weighted by Crippen LogP contribution is -2.28. The molecule has 124 valence electrons. The molecule has 0 unspecified atom stereocenters. The largest absolute Gasteiger partial charge is 0.474 e. The third-order valence-corrected chi connectivity index (χ3v) is 3.16. The van der Waals surface area contributed by atoms with Crippen molar-refractivity contribution in [2.75, 3.05) is 5.32 Å². The van der Waals surface area contributed by atoms with E-state index >= 15 is 0 Å². The van der Waals surface area contributed by atoms with Crippen molar-refractivity contribution in [3.8, 4) is 5.88 Å². The van der Waals surface area contributed by atoms with Gasteiger partial charge in [0.15, 0.2) is 5.82 Å². The van der Waals surface area contributed by atoms with Gasteiger partial charge in [-0.1, -0.05) is 6.07 Å². The number of nitrogens with one attached hydrogen (secondary N) is 2. The van der Waals surface area contributed by atoms with Crippen LogP contribution >= 0.6 is 0 Å². The summed E-state index contributed by atoms with van der Waals surface area (Å²) in [5.41, 5.74) is 1.96. The summed E-state index contributed by atoms with van der Waals surface area (Å²) < 4.78 is 7.30. The molecule has 0 aliphatic heterocycles. The van der Waals surface area contributed by atoms with Gasteiger partial charge in [-0.25, -0.2) is 9.78 Å². The van der Waals surface area contributed by atoms with Crippen molar-refractivity contribution in [1.82, 2.24) is 24.9 Å². The van der Waals surface area contributed by atoms with Gasteiger partial charge in [0.1, 0.15) is 0 Å². The number of ether oxygens (including phenoxy) is 1. The lowest BCUT2D eigenvalue weighted by molar-refractivity contribution is 0.230. The van der Waals surface area contributed by atoms with Crippen molar-refractivity contribution in [3.05, 3.63) is 48.5 Å². The Morgan fingerprint density at radius 2 is 2.12 bits per heavy atom. The van der Waals surface area contributed by atoms with E-state index in [0.29, 0.717) is 18.2 Å². The first-order valence-corrected chi connectivity index (χ1v) is 7.56. The van der Waals surface area contributed by atoms with Crippen LogP contribution in [0.5, 0.6) is 5.88 Å². The Morgan fingerprint density at radius 1 is 1.25 bits per heavy atom. The van der Waals surface area contributed by atoms with E-state index in [-0.39, 0.29) is 12.1 Å². The number of aromatic nitrogens is 4. The predicted octanol–water partition coefficient (Wildman–Crippen LogP) is 2.23. The van der Waals surface area contributed by atoms with E-state index in [0.717, 1.165) is 11.1 Å². The lowest BCUT2D eigenvalue weighted by Gasteiger charge is -2.09. The van der Waals surface area contributed by atoms with Crippen LogP contribution in [0, 0.1) is 0 Å². The molecule has 24 heavy (non-hydrogen) atoms. The quantitative estimate of drug-likeness (QED) is 0.750. The van der Waals surface area contributed by atoms with Gasteiger partial charge in [0.2, 0.25) is 5.88 Å². The fraction of sp³-hybridized carbons (Fsp3) is 0.250. The molecule has 0 aliphatic carbocycles. The maximum atomic E-state index is 11.9. The third kappa shape index (κ3) is 3.97. The Balaban J connectivity index is 1.53. The molecule has 0 aliphatic rings. The first-order chi connectivity index (χ1) is 11.6. The Labute approximate surface area is 138 Å². The molecule has 2 amide bonds. The number of hydrogen-bond donors (Lipinski definition) is 2. The van der Waals surface area contributed by atoms with Crippen LogP contribution in [-0.4, -0.2) is 31.7 Å². The molecule has 3 aromatic heterocycles. The average molecular weight is 326 g/mol. The van der Waals surface area contributed by atoms with Gasteiger partial charge in [0.05, 0.1) is 24.1 Å². The zero-order chi connectivity index (χ0) is 16.9. The van der Waals surface area contributed by atoms with E-state index in [1.165, 1.54) is 0 Å². The van der Waals surface area contributed by atoms with Crippen molar-refractivity contribution < 1.29 is 9.53 Å². The Bertz CT molecular complexity index is 828. The molecule has 3 rings (SSSR count). The number of carbonyl (C=O) groups excluding carboxylic acids is 1. The second-order valence-corrected chi connectivity index (χ2v) is 5.49. The molecule has 0 radical (unpaired) electrons. The molecule has 8 nitrogen and oxygen atoms in total. The molecule has 3 heterocycles. The van der Waals surface area contributed by atoms with Crippen LogP contribution < -0.4 is 15.4 Å². The average Bonchev–Trinajstić information content (AvgIpc) is 3.02. The van der Waals surface area contributed by atoms with Crippen LogP contribution in [0.25, 0.3) is 5.52 Å². The molecule has 0 spiro atoms. The summed E-state index contributed by atoms with van der Waals surface area (Å²) in [4.78, 5) is 16.0. The number of imidazole rings is 1. The van der Waals surface area contributed by atoms with Gasteiger partial charge in [0.25, 0.3) is 0 Å². The maximum Gasteiger partial charge on any atom is 0.320 e. The number of fused-ring (bicyclic) bond motifs is 1.